The SMILES string of the molecule is O=C(O)c1csc(S(=O)(=O)N2CCCS(=O)(=O)CC2)c1. The molecular weight excluding hydrogens is 326 g/mol. The zero-order valence-corrected chi connectivity index (χ0v) is 12.8. The van der Waals surface area contributed by atoms with E-state index in [1.54, 1.807) is 0 Å². The fourth-order valence-electron chi connectivity index (χ4n) is 1.85. The van der Waals surface area contributed by atoms with E-state index >= 15 is 0 Å². The van der Waals surface area contributed by atoms with Crippen LogP contribution in [0.1, 0.15) is 16.8 Å². The Morgan fingerprint density at radius 3 is 2.60 bits per heavy atom. The molecular formula is C10H13NO6S3. The maximum absolute atomic E-state index is 12.3. The molecule has 1 saturated heterocycles. The molecule has 2 rings (SSSR count). The number of sulfone groups is 1. The van der Waals surface area contributed by atoms with E-state index < -0.39 is 25.8 Å². The second-order valence-electron chi connectivity index (χ2n) is 4.37. The largest absolute Gasteiger partial charge is 0.478 e. The van der Waals surface area contributed by atoms with Gasteiger partial charge >= 0.3 is 5.97 Å². The van der Waals surface area contributed by atoms with Gasteiger partial charge in [0.05, 0.1) is 17.1 Å². The van der Waals surface area contributed by atoms with Crippen LogP contribution in [0.15, 0.2) is 15.7 Å². The Morgan fingerprint density at radius 1 is 1.30 bits per heavy atom. The molecule has 1 aromatic heterocycles. The first kappa shape index (κ1) is 15.4. The van der Waals surface area contributed by atoms with Crippen molar-refractivity contribution in [3.05, 3.63) is 17.0 Å². The van der Waals surface area contributed by atoms with Gasteiger partial charge in [-0.25, -0.2) is 21.6 Å². The molecule has 1 aromatic rings. The van der Waals surface area contributed by atoms with Crippen molar-refractivity contribution < 1.29 is 26.7 Å². The molecule has 0 bridgehead atoms. The van der Waals surface area contributed by atoms with E-state index in [-0.39, 0.29) is 40.8 Å². The number of rotatable bonds is 3. The fourth-order valence-corrected chi connectivity index (χ4v) is 6.02. The van der Waals surface area contributed by atoms with Crippen LogP contribution in [0.5, 0.6) is 0 Å². The van der Waals surface area contributed by atoms with Crippen LogP contribution in [0.25, 0.3) is 0 Å². The average molecular weight is 339 g/mol. The molecule has 1 aliphatic heterocycles. The lowest BCUT2D eigenvalue weighted by Crippen LogP contribution is -2.33. The number of carbonyl (C=O) groups is 1. The summed E-state index contributed by atoms with van der Waals surface area (Å²) in [6.07, 6.45) is 0.249. The first-order chi connectivity index (χ1) is 9.22. The molecule has 20 heavy (non-hydrogen) atoms. The summed E-state index contributed by atoms with van der Waals surface area (Å²) in [4.78, 5) is 10.8. The summed E-state index contributed by atoms with van der Waals surface area (Å²) in [6.45, 7) is 0.0346. The summed E-state index contributed by atoms with van der Waals surface area (Å²) in [5.74, 6) is -1.42. The van der Waals surface area contributed by atoms with Gasteiger partial charge in [0.25, 0.3) is 10.0 Å². The molecule has 0 aromatic carbocycles. The summed E-state index contributed by atoms with van der Waals surface area (Å²) in [5.41, 5.74) is -0.0870. The maximum Gasteiger partial charge on any atom is 0.336 e. The van der Waals surface area contributed by atoms with Crippen molar-refractivity contribution in [2.45, 2.75) is 10.6 Å². The van der Waals surface area contributed by atoms with Crippen molar-refractivity contribution in [2.24, 2.45) is 0 Å². The molecule has 0 unspecified atom stereocenters. The quantitative estimate of drug-likeness (QED) is 0.846. The van der Waals surface area contributed by atoms with E-state index in [4.69, 9.17) is 5.11 Å². The highest BCUT2D eigenvalue weighted by Crippen LogP contribution is 2.25. The lowest BCUT2D eigenvalue weighted by molar-refractivity contribution is 0.0697. The minimum absolute atomic E-state index is 0.0240. The van der Waals surface area contributed by atoms with Crippen molar-refractivity contribution in [3.63, 3.8) is 0 Å². The molecule has 0 aliphatic carbocycles. The van der Waals surface area contributed by atoms with Crippen LogP contribution in [0.2, 0.25) is 0 Å². The molecule has 0 amide bonds. The van der Waals surface area contributed by atoms with Gasteiger partial charge < -0.3 is 5.11 Å². The molecule has 0 saturated carbocycles. The van der Waals surface area contributed by atoms with Crippen molar-refractivity contribution in [1.29, 1.82) is 0 Å². The summed E-state index contributed by atoms with van der Waals surface area (Å²) < 4.78 is 48.7. The molecule has 2 heterocycles. The zero-order chi connectivity index (χ0) is 15.0. The molecule has 1 fully saturated rings. The second kappa shape index (κ2) is 5.43. The van der Waals surface area contributed by atoms with Crippen LogP contribution in [0.4, 0.5) is 0 Å². The Labute approximate surface area is 120 Å². The van der Waals surface area contributed by atoms with Gasteiger partial charge in [-0.1, -0.05) is 0 Å². The third kappa shape index (κ3) is 3.19. The van der Waals surface area contributed by atoms with Crippen LogP contribution in [-0.2, 0) is 19.9 Å². The molecule has 112 valence electrons. The number of thiophene rings is 1. The summed E-state index contributed by atoms with van der Waals surface area (Å²) >= 11 is 0.825. The Morgan fingerprint density at radius 2 is 2.00 bits per heavy atom. The first-order valence-electron chi connectivity index (χ1n) is 5.75. The third-order valence-electron chi connectivity index (χ3n) is 2.93. The summed E-state index contributed by atoms with van der Waals surface area (Å²) in [5, 5.41) is 10.1. The van der Waals surface area contributed by atoms with E-state index in [1.807, 2.05) is 0 Å². The zero-order valence-electron chi connectivity index (χ0n) is 10.4. The predicted octanol–water partition coefficient (Wildman–Crippen LogP) is 0.256. The van der Waals surface area contributed by atoms with Gasteiger partial charge in [-0.15, -0.1) is 11.3 Å². The van der Waals surface area contributed by atoms with Gasteiger partial charge in [-0.2, -0.15) is 4.31 Å². The highest BCUT2D eigenvalue weighted by atomic mass is 32.2. The summed E-state index contributed by atoms with van der Waals surface area (Å²) in [6, 6.07) is 1.10. The van der Waals surface area contributed by atoms with E-state index in [1.165, 1.54) is 5.38 Å². The number of hydrogen-bond acceptors (Lipinski definition) is 6. The number of hydrogen-bond donors (Lipinski definition) is 1. The van der Waals surface area contributed by atoms with Crippen molar-refractivity contribution >= 4 is 37.2 Å². The van der Waals surface area contributed by atoms with Crippen molar-refractivity contribution in [3.8, 4) is 0 Å². The lowest BCUT2D eigenvalue weighted by atomic mass is 10.4. The smallest absolute Gasteiger partial charge is 0.336 e. The van der Waals surface area contributed by atoms with Gasteiger partial charge in [0.2, 0.25) is 0 Å². The van der Waals surface area contributed by atoms with Crippen molar-refractivity contribution in [1.82, 2.24) is 4.31 Å². The number of aromatic carboxylic acids is 1. The molecule has 1 aliphatic rings. The topological polar surface area (TPSA) is 109 Å². The number of carboxylic acids is 1. The highest BCUT2D eigenvalue weighted by molar-refractivity contribution is 7.92. The predicted molar refractivity (Wildman–Crippen MR) is 73.3 cm³/mol. The van der Waals surface area contributed by atoms with Gasteiger partial charge in [0.1, 0.15) is 4.21 Å². The van der Waals surface area contributed by atoms with Crippen LogP contribution < -0.4 is 0 Å². The number of sulfonamides is 1. The van der Waals surface area contributed by atoms with Crippen LogP contribution in [0.3, 0.4) is 0 Å². The van der Waals surface area contributed by atoms with E-state index in [0.29, 0.717) is 0 Å². The maximum atomic E-state index is 12.3. The second-order valence-corrected chi connectivity index (χ2v) is 9.75. The molecule has 0 spiro atoms. The van der Waals surface area contributed by atoms with E-state index in [2.05, 4.69) is 0 Å². The Bertz CT molecular complexity index is 718. The van der Waals surface area contributed by atoms with Crippen LogP contribution >= 0.6 is 11.3 Å². The Balaban J connectivity index is 2.27. The third-order valence-corrected chi connectivity index (χ3v) is 7.96. The minimum Gasteiger partial charge on any atom is -0.478 e. The summed E-state index contributed by atoms with van der Waals surface area (Å²) in [7, 11) is -7.02. The highest BCUT2D eigenvalue weighted by Gasteiger charge is 2.30. The van der Waals surface area contributed by atoms with Gasteiger partial charge in [-0.05, 0) is 12.5 Å². The van der Waals surface area contributed by atoms with Gasteiger partial charge in [-0.3, -0.25) is 0 Å². The van der Waals surface area contributed by atoms with Crippen LogP contribution in [-0.4, -0.2) is 56.8 Å². The minimum atomic E-state index is -3.82. The molecule has 10 heteroatoms. The lowest BCUT2D eigenvalue weighted by Gasteiger charge is -2.17. The van der Waals surface area contributed by atoms with Gasteiger partial charge in [0.15, 0.2) is 9.84 Å². The fraction of sp³-hybridized carbons (Fsp3) is 0.500. The van der Waals surface area contributed by atoms with E-state index in [0.717, 1.165) is 21.7 Å². The monoisotopic (exact) mass is 339 g/mol. The van der Waals surface area contributed by atoms with Crippen LogP contribution in [0, 0.1) is 0 Å². The Hall–Kier alpha value is -0.970. The Kier molecular flexibility index (Phi) is 4.19. The normalized spacial score (nSPS) is 20.4. The molecule has 7 nitrogen and oxygen atoms in total. The number of carboxylic acid groups (broad SMARTS) is 1. The molecule has 0 atom stereocenters. The number of nitrogens with zero attached hydrogens (tertiary/aromatic N) is 1. The molecule has 0 radical (unpaired) electrons. The standard InChI is InChI=1S/C10H13NO6S3/c12-10(13)8-6-9(18-7-8)20(16,17)11-2-1-4-19(14,15)5-3-11/h6-7H,1-5H2,(H,12,13). The van der Waals surface area contributed by atoms with Gasteiger partial charge in [0, 0.05) is 18.5 Å². The molecule has 1 N–H and O–H groups in total. The van der Waals surface area contributed by atoms with Crippen molar-refractivity contribution in [2.75, 3.05) is 24.6 Å². The first-order valence-corrected chi connectivity index (χ1v) is 9.89. The van der Waals surface area contributed by atoms with E-state index in [9.17, 15) is 21.6 Å². The average Bonchev–Trinajstić information content (AvgIpc) is 2.76.